The van der Waals surface area contributed by atoms with Crippen LogP contribution in [0.1, 0.15) is 55.6 Å². The van der Waals surface area contributed by atoms with Crippen LogP contribution < -0.4 is 0 Å². The van der Waals surface area contributed by atoms with Gasteiger partial charge in [-0.3, -0.25) is 0 Å². The third kappa shape index (κ3) is 4.06. The van der Waals surface area contributed by atoms with E-state index in [0.29, 0.717) is 12.3 Å². The van der Waals surface area contributed by atoms with Gasteiger partial charge in [0, 0.05) is 0 Å². The largest absolute Gasteiger partial charge is 0.479 e. The first-order valence-electron chi connectivity index (χ1n) is 7.16. The van der Waals surface area contributed by atoms with Gasteiger partial charge in [-0.05, 0) is 42.7 Å². The number of aryl methyl sites for hydroxylation is 1. The molecular weight excluding hydrogens is 240 g/mol. The van der Waals surface area contributed by atoms with Crippen LogP contribution in [0.4, 0.5) is 0 Å². The summed E-state index contributed by atoms with van der Waals surface area (Å²) < 4.78 is 0. The molecule has 0 heterocycles. The van der Waals surface area contributed by atoms with Crippen molar-refractivity contribution < 1.29 is 15.0 Å². The molecule has 1 aliphatic carbocycles. The first-order chi connectivity index (χ1) is 9.16. The van der Waals surface area contributed by atoms with Gasteiger partial charge in [0.2, 0.25) is 0 Å². The summed E-state index contributed by atoms with van der Waals surface area (Å²) in [6.07, 6.45) is 6.24. The highest BCUT2D eigenvalue weighted by atomic mass is 16.4. The lowest BCUT2D eigenvalue weighted by molar-refractivity contribution is -0.146. The predicted octanol–water partition coefficient (Wildman–Crippen LogP) is 3.11. The summed E-state index contributed by atoms with van der Waals surface area (Å²) >= 11 is 0. The number of aliphatic hydroxyl groups excluding tert-OH is 1. The molecule has 3 heteroatoms. The smallest absolute Gasteiger partial charge is 0.332 e. The van der Waals surface area contributed by atoms with Crippen LogP contribution in [-0.2, 0) is 11.2 Å². The number of hydrogen-bond acceptors (Lipinski definition) is 2. The fraction of sp³-hybridized carbons (Fsp3) is 0.562. The van der Waals surface area contributed by atoms with E-state index in [1.165, 1.54) is 37.7 Å². The highest BCUT2D eigenvalue weighted by Gasteiger charge is 2.16. The van der Waals surface area contributed by atoms with E-state index in [1.54, 1.807) is 0 Å². The van der Waals surface area contributed by atoms with Gasteiger partial charge in [0.1, 0.15) is 0 Å². The van der Waals surface area contributed by atoms with E-state index >= 15 is 0 Å². The number of benzene rings is 1. The van der Waals surface area contributed by atoms with Crippen LogP contribution in [0.15, 0.2) is 24.3 Å². The van der Waals surface area contributed by atoms with E-state index in [-0.39, 0.29) is 6.42 Å². The SMILES string of the molecule is O=C(O)C(O)CCc1ccc(C2CCCCC2)cc1. The Hall–Kier alpha value is -1.35. The highest BCUT2D eigenvalue weighted by molar-refractivity contribution is 5.71. The number of aliphatic hydroxyl groups is 1. The van der Waals surface area contributed by atoms with Gasteiger partial charge < -0.3 is 10.2 Å². The van der Waals surface area contributed by atoms with Gasteiger partial charge in [-0.2, -0.15) is 0 Å². The van der Waals surface area contributed by atoms with Crippen molar-refractivity contribution in [1.29, 1.82) is 0 Å². The summed E-state index contributed by atoms with van der Waals surface area (Å²) in [6, 6.07) is 8.47. The molecule has 0 amide bonds. The molecule has 2 rings (SSSR count). The first kappa shape index (κ1) is 14.1. The van der Waals surface area contributed by atoms with Crippen molar-refractivity contribution in [3.05, 3.63) is 35.4 Å². The minimum Gasteiger partial charge on any atom is -0.479 e. The Bertz CT molecular complexity index is 405. The van der Waals surface area contributed by atoms with Gasteiger partial charge >= 0.3 is 5.97 Å². The standard InChI is InChI=1S/C16H22O3/c17-15(16(18)19)11-8-12-6-9-14(10-7-12)13-4-2-1-3-5-13/h6-7,9-10,13,15,17H,1-5,8,11H2,(H,18,19). The van der Waals surface area contributed by atoms with Crippen LogP contribution in [0.3, 0.4) is 0 Å². The Balaban J connectivity index is 1.89. The Morgan fingerprint density at radius 1 is 1.16 bits per heavy atom. The molecule has 2 N–H and O–H groups in total. The zero-order chi connectivity index (χ0) is 13.7. The lowest BCUT2D eigenvalue weighted by atomic mass is 9.84. The van der Waals surface area contributed by atoms with E-state index < -0.39 is 12.1 Å². The molecule has 1 fully saturated rings. The first-order valence-corrected chi connectivity index (χ1v) is 7.16. The van der Waals surface area contributed by atoms with Crippen molar-refractivity contribution >= 4 is 5.97 Å². The third-order valence-electron chi connectivity index (χ3n) is 4.05. The third-order valence-corrected chi connectivity index (χ3v) is 4.05. The van der Waals surface area contributed by atoms with Crippen LogP contribution in [0.25, 0.3) is 0 Å². The van der Waals surface area contributed by atoms with E-state index in [4.69, 9.17) is 5.11 Å². The summed E-state index contributed by atoms with van der Waals surface area (Å²) in [6.45, 7) is 0. The number of carbonyl (C=O) groups is 1. The number of hydrogen-bond donors (Lipinski definition) is 2. The van der Waals surface area contributed by atoms with Gasteiger partial charge in [-0.25, -0.2) is 4.79 Å². The quantitative estimate of drug-likeness (QED) is 0.857. The molecule has 1 unspecified atom stereocenters. The van der Waals surface area contributed by atoms with Gasteiger partial charge in [0.15, 0.2) is 6.10 Å². The second-order valence-electron chi connectivity index (χ2n) is 5.47. The zero-order valence-corrected chi connectivity index (χ0v) is 11.2. The lowest BCUT2D eigenvalue weighted by Gasteiger charge is -2.22. The Labute approximate surface area is 114 Å². The average Bonchev–Trinajstić information content (AvgIpc) is 2.46. The van der Waals surface area contributed by atoms with E-state index in [9.17, 15) is 9.90 Å². The second-order valence-corrected chi connectivity index (χ2v) is 5.47. The monoisotopic (exact) mass is 262 g/mol. The fourth-order valence-corrected chi connectivity index (χ4v) is 2.82. The molecule has 1 atom stereocenters. The molecule has 1 saturated carbocycles. The average molecular weight is 262 g/mol. The summed E-state index contributed by atoms with van der Waals surface area (Å²) in [5.41, 5.74) is 2.50. The minimum atomic E-state index is -1.25. The number of rotatable bonds is 5. The molecule has 1 aromatic carbocycles. The van der Waals surface area contributed by atoms with Crippen molar-refractivity contribution in [2.45, 2.75) is 57.0 Å². The van der Waals surface area contributed by atoms with Crippen molar-refractivity contribution in [3.8, 4) is 0 Å². The molecule has 0 spiro atoms. The topological polar surface area (TPSA) is 57.5 Å². The molecular formula is C16H22O3. The maximum Gasteiger partial charge on any atom is 0.332 e. The van der Waals surface area contributed by atoms with Crippen LogP contribution in [0.5, 0.6) is 0 Å². The Morgan fingerprint density at radius 3 is 2.37 bits per heavy atom. The molecule has 1 aliphatic rings. The van der Waals surface area contributed by atoms with Crippen LogP contribution in [-0.4, -0.2) is 22.3 Å². The summed E-state index contributed by atoms with van der Waals surface area (Å²) in [7, 11) is 0. The van der Waals surface area contributed by atoms with Crippen molar-refractivity contribution in [2.75, 3.05) is 0 Å². The van der Waals surface area contributed by atoms with Gasteiger partial charge in [-0.1, -0.05) is 43.5 Å². The number of aliphatic carboxylic acids is 1. The number of carboxylic acid groups (broad SMARTS) is 1. The molecule has 19 heavy (non-hydrogen) atoms. The Kier molecular flexibility index (Phi) is 4.97. The zero-order valence-electron chi connectivity index (χ0n) is 11.2. The molecule has 3 nitrogen and oxygen atoms in total. The summed E-state index contributed by atoms with van der Waals surface area (Å²) in [5.74, 6) is -0.439. The normalized spacial score (nSPS) is 18.2. The predicted molar refractivity (Wildman–Crippen MR) is 74.2 cm³/mol. The lowest BCUT2D eigenvalue weighted by Crippen LogP contribution is -2.19. The van der Waals surface area contributed by atoms with Crippen LogP contribution in [0, 0.1) is 0 Å². The Morgan fingerprint density at radius 2 is 1.79 bits per heavy atom. The molecule has 0 aliphatic heterocycles. The summed E-state index contributed by atoms with van der Waals surface area (Å²) in [5, 5.41) is 17.9. The van der Waals surface area contributed by atoms with Gasteiger partial charge in [-0.15, -0.1) is 0 Å². The maximum atomic E-state index is 10.5. The van der Waals surface area contributed by atoms with Crippen molar-refractivity contribution in [1.82, 2.24) is 0 Å². The van der Waals surface area contributed by atoms with Crippen LogP contribution in [0.2, 0.25) is 0 Å². The molecule has 0 aromatic heterocycles. The molecule has 0 bridgehead atoms. The minimum absolute atomic E-state index is 0.276. The van der Waals surface area contributed by atoms with Crippen molar-refractivity contribution in [2.24, 2.45) is 0 Å². The second kappa shape index (κ2) is 6.71. The van der Waals surface area contributed by atoms with Gasteiger partial charge in [0.05, 0.1) is 0 Å². The fourth-order valence-electron chi connectivity index (χ4n) is 2.82. The molecule has 0 radical (unpaired) electrons. The molecule has 104 valence electrons. The molecule has 1 aromatic rings. The van der Waals surface area contributed by atoms with Gasteiger partial charge in [0.25, 0.3) is 0 Å². The summed E-state index contributed by atoms with van der Waals surface area (Å²) in [4.78, 5) is 10.5. The molecule has 0 saturated heterocycles. The van der Waals surface area contributed by atoms with E-state index in [1.807, 2.05) is 0 Å². The highest BCUT2D eigenvalue weighted by Crippen LogP contribution is 2.32. The van der Waals surface area contributed by atoms with E-state index in [2.05, 4.69) is 24.3 Å². The van der Waals surface area contributed by atoms with Crippen LogP contribution >= 0.6 is 0 Å². The van der Waals surface area contributed by atoms with Crippen molar-refractivity contribution in [3.63, 3.8) is 0 Å². The van der Waals surface area contributed by atoms with E-state index in [0.717, 1.165) is 5.56 Å². The number of carboxylic acids is 1. The maximum absolute atomic E-state index is 10.5.